The molecule has 1 unspecified atom stereocenters. The van der Waals surface area contributed by atoms with E-state index in [1.807, 2.05) is 0 Å². The summed E-state index contributed by atoms with van der Waals surface area (Å²) in [4.78, 5) is 14.2. The number of nitro groups is 1. The number of benzene rings is 2. The summed E-state index contributed by atoms with van der Waals surface area (Å²) in [5.74, 6) is 0.401. The average molecular weight is 508 g/mol. The lowest BCUT2D eigenvalue weighted by Crippen LogP contribution is -2.38. The van der Waals surface area contributed by atoms with E-state index in [0.29, 0.717) is 18.1 Å². The molecule has 0 saturated heterocycles. The third kappa shape index (κ3) is 6.66. The number of rotatable bonds is 5. The molecule has 0 amide bonds. The number of nitrogens with zero attached hydrogens (tertiary/aromatic N) is 2. The number of nitro benzene ring substituents is 1. The second-order valence-electron chi connectivity index (χ2n) is 5.84. The van der Waals surface area contributed by atoms with Crippen molar-refractivity contribution >= 4 is 35.6 Å². The van der Waals surface area contributed by atoms with Crippen molar-refractivity contribution in [2.24, 2.45) is 4.99 Å². The van der Waals surface area contributed by atoms with Crippen LogP contribution in [0.2, 0.25) is 0 Å². The number of hydrogen-bond acceptors (Lipinski definition) is 3. The summed E-state index contributed by atoms with van der Waals surface area (Å²) in [5, 5.41) is 16.7. The third-order valence-electron chi connectivity index (χ3n) is 3.90. The predicted molar refractivity (Wildman–Crippen MR) is 112 cm³/mol. The maximum atomic E-state index is 12.8. The highest BCUT2D eigenvalue weighted by Crippen LogP contribution is 2.30. The molecule has 0 spiro atoms. The van der Waals surface area contributed by atoms with E-state index in [2.05, 4.69) is 15.6 Å². The largest absolute Gasteiger partial charge is 0.416 e. The average Bonchev–Trinajstić information content (AvgIpc) is 2.64. The number of halogens is 4. The van der Waals surface area contributed by atoms with E-state index in [1.165, 1.54) is 18.2 Å². The molecule has 0 aromatic heterocycles. The van der Waals surface area contributed by atoms with Gasteiger partial charge in [0.15, 0.2) is 5.96 Å². The summed E-state index contributed by atoms with van der Waals surface area (Å²) >= 11 is 0. The SMILES string of the molecule is CN=C(NCc1ccc([N+](=O)[O-])cc1)NC(C)c1cccc(C(F)(F)F)c1.I. The van der Waals surface area contributed by atoms with Gasteiger partial charge >= 0.3 is 6.18 Å². The summed E-state index contributed by atoms with van der Waals surface area (Å²) < 4.78 is 38.5. The summed E-state index contributed by atoms with van der Waals surface area (Å²) in [6.45, 7) is 2.08. The first kappa shape index (κ1) is 23.7. The molecule has 0 aliphatic heterocycles. The molecule has 0 saturated carbocycles. The Morgan fingerprint density at radius 1 is 1.21 bits per heavy atom. The van der Waals surface area contributed by atoms with E-state index >= 15 is 0 Å². The molecule has 2 aromatic carbocycles. The van der Waals surface area contributed by atoms with E-state index in [0.717, 1.165) is 17.7 Å². The Morgan fingerprint density at radius 3 is 2.39 bits per heavy atom. The van der Waals surface area contributed by atoms with Crippen molar-refractivity contribution in [2.75, 3.05) is 7.05 Å². The van der Waals surface area contributed by atoms with E-state index in [9.17, 15) is 23.3 Å². The molecule has 0 heterocycles. The summed E-state index contributed by atoms with van der Waals surface area (Å²) in [6, 6.07) is 10.7. The smallest absolute Gasteiger partial charge is 0.352 e. The van der Waals surface area contributed by atoms with Crippen molar-refractivity contribution in [2.45, 2.75) is 25.7 Å². The topological polar surface area (TPSA) is 79.6 Å². The highest BCUT2D eigenvalue weighted by Gasteiger charge is 2.30. The minimum absolute atomic E-state index is 0. The quantitative estimate of drug-likeness (QED) is 0.203. The number of guanidine groups is 1. The monoisotopic (exact) mass is 508 g/mol. The van der Waals surface area contributed by atoms with Gasteiger partial charge in [-0.05, 0) is 30.2 Å². The van der Waals surface area contributed by atoms with Gasteiger partial charge in [-0.15, -0.1) is 24.0 Å². The Bertz CT molecular complexity index is 826. The summed E-state index contributed by atoms with van der Waals surface area (Å²) in [5.41, 5.74) is 0.570. The zero-order valence-corrected chi connectivity index (χ0v) is 17.5. The van der Waals surface area contributed by atoms with Gasteiger partial charge in [-0.2, -0.15) is 13.2 Å². The molecular formula is C18H20F3IN4O2. The number of nitrogens with one attached hydrogen (secondary N) is 2. The van der Waals surface area contributed by atoms with Gasteiger partial charge < -0.3 is 10.6 Å². The second kappa shape index (κ2) is 10.2. The zero-order chi connectivity index (χ0) is 20.0. The Kier molecular flexibility index (Phi) is 8.66. The molecule has 0 radical (unpaired) electrons. The lowest BCUT2D eigenvalue weighted by molar-refractivity contribution is -0.384. The first-order valence-electron chi connectivity index (χ1n) is 8.08. The van der Waals surface area contributed by atoms with Crippen molar-refractivity contribution in [3.8, 4) is 0 Å². The molecule has 2 N–H and O–H groups in total. The van der Waals surface area contributed by atoms with Gasteiger partial charge in [0.05, 0.1) is 16.5 Å². The number of hydrogen-bond donors (Lipinski definition) is 2. The maximum absolute atomic E-state index is 12.8. The van der Waals surface area contributed by atoms with Crippen LogP contribution in [-0.2, 0) is 12.7 Å². The maximum Gasteiger partial charge on any atom is 0.416 e. The van der Waals surface area contributed by atoms with Crippen molar-refractivity contribution in [1.29, 1.82) is 0 Å². The van der Waals surface area contributed by atoms with Gasteiger partial charge in [0, 0.05) is 25.7 Å². The summed E-state index contributed by atoms with van der Waals surface area (Å²) in [6.07, 6.45) is -4.40. The fourth-order valence-electron chi connectivity index (χ4n) is 2.39. The van der Waals surface area contributed by atoms with Crippen LogP contribution in [0, 0.1) is 10.1 Å². The fourth-order valence-corrected chi connectivity index (χ4v) is 2.39. The Hall–Kier alpha value is -2.37. The van der Waals surface area contributed by atoms with E-state index < -0.39 is 22.7 Å². The molecule has 0 bridgehead atoms. The van der Waals surface area contributed by atoms with E-state index in [1.54, 1.807) is 32.2 Å². The van der Waals surface area contributed by atoms with Gasteiger partial charge in [0.2, 0.25) is 0 Å². The normalized spacial score (nSPS) is 12.7. The van der Waals surface area contributed by atoms with Crippen LogP contribution in [-0.4, -0.2) is 17.9 Å². The molecule has 10 heteroatoms. The van der Waals surface area contributed by atoms with Crippen LogP contribution in [0.4, 0.5) is 18.9 Å². The molecule has 1 atom stereocenters. The number of alkyl halides is 3. The number of aliphatic imine (C=N–C) groups is 1. The van der Waals surface area contributed by atoms with E-state index in [-0.39, 0.29) is 29.7 Å². The fraction of sp³-hybridized carbons (Fsp3) is 0.278. The highest BCUT2D eigenvalue weighted by atomic mass is 127. The van der Waals surface area contributed by atoms with Crippen LogP contribution in [0.3, 0.4) is 0 Å². The van der Waals surface area contributed by atoms with Crippen LogP contribution < -0.4 is 10.6 Å². The van der Waals surface area contributed by atoms with Crippen molar-refractivity contribution in [3.63, 3.8) is 0 Å². The predicted octanol–water partition coefficient (Wildman–Crippen LogP) is 4.66. The minimum atomic E-state index is -4.40. The lowest BCUT2D eigenvalue weighted by atomic mass is 10.1. The molecule has 28 heavy (non-hydrogen) atoms. The number of non-ortho nitro benzene ring substituents is 1. The first-order chi connectivity index (χ1) is 12.7. The van der Waals surface area contributed by atoms with Gasteiger partial charge in [0.1, 0.15) is 0 Å². The van der Waals surface area contributed by atoms with Crippen molar-refractivity contribution in [3.05, 3.63) is 75.3 Å². The van der Waals surface area contributed by atoms with Gasteiger partial charge in [0.25, 0.3) is 5.69 Å². The molecule has 0 aliphatic carbocycles. The van der Waals surface area contributed by atoms with Crippen LogP contribution >= 0.6 is 24.0 Å². The highest BCUT2D eigenvalue weighted by molar-refractivity contribution is 14.0. The van der Waals surface area contributed by atoms with Crippen molar-refractivity contribution in [1.82, 2.24) is 10.6 Å². The molecule has 0 fully saturated rings. The van der Waals surface area contributed by atoms with Gasteiger partial charge in [-0.25, -0.2) is 0 Å². The third-order valence-corrected chi connectivity index (χ3v) is 3.90. The molecular weight excluding hydrogens is 488 g/mol. The molecule has 0 aliphatic rings. The molecule has 152 valence electrons. The van der Waals surface area contributed by atoms with Crippen LogP contribution in [0.5, 0.6) is 0 Å². The summed E-state index contributed by atoms with van der Waals surface area (Å²) in [7, 11) is 1.55. The first-order valence-corrected chi connectivity index (χ1v) is 8.08. The standard InChI is InChI=1S/C18H19F3N4O2.HI/c1-12(14-4-3-5-15(10-14)18(19,20)21)24-17(22-2)23-11-13-6-8-16(9-7-13)25(26)27;/h3-10,12H,11H2,1-2H3,(H2,22,23,24);1H. The Morgan fingerprint density at radius 2 is 1.86 bits per heavy atom. The van der Waals surface area contributed by atoms with Crippen LogP contribution in [0.25, 0.3) is 0 Å². The zero-order valence-electron chi connectivity index (χ0n) is 15.2. The molecule has 2 aromatic rings. The Labute approximate surface area is 177 Å². The van der Waals surface area contributed by atoms with Gasteiger partial charge in [-0.3, -0.25) is 15.1 Å². The molecule has 2 rings (SSSR count). The minimum Gasteiger partial charge on any atom is -0.352 e. The Balaban J connectivity index is 0.00000392. The van der Waals surface area contributed by atoms with Crippen LogP contribution in [0.15, 0.2) is 53.5 Å². The van der Waals surface area contributed by atoms with Crippen LogP contribution in [0.1, 0.15) is 29.7 Å². The van der Waals surface area contributed by atoms with Crippen molar-refractivity contribution < 1.29 is 18.1 Å². The van der Waals surface area contributed by atoms with Gasteiger partial charge in [-0.1, -0.05) is 24.3 Å². The molecule has 6 nitrogen and oxygen atoms in total. The van der Waals surface area contributed by atoms with E-state index in [4.69, 9.17) is 0 Å². The second-order valence-corrected chi connectivity index (χ2v) is 5.84. The lowest BCUT2D eigenvalue weighted by Gasteiger charge is -2.19.